The summed E-state index contributed by atoms with van der Waals surface area (Å²) >= 11 is 0. The fourth-order valence-electron chi connectivity index (χ4n) is 6.50. The van der Waals surface area contributed by atoms with Crippen LogP contribution in [0, 0.1) is 23.7 Å². The maximum Gasteiger partial charge on any atom is 0.0120 e. The quantitative estimate of drug-likeness (QED) is 0.432. The van der Waals surface area contributed by atoms with Crippen LogP contribution in [0.25, 0.3) is 5.57 Å². The summed E-state index contributed by atoms with van der Waals surface area (Å²) in [6.07, 6.45) is 19.8. The van der Waals surface area contributed by atoms with Crippen LogP contribution in [0.3, 0.4) is 0 Å². The summed E-state index contributed by atoms with van der Waals surface area (Å²) in [4.78, 5) is 0. The molecule has 1 saturated carbocycles. The lowest BCUT2D eigenvalue weighted by molar-refractivity contribution is 0.281. The van der Waals surface area contributed by atoms with Crippen molar-refractivity contribution < 1.29 is 0 Å². The molecule has 4 aliphatic carbocycles. The highest BCUT2D eigenvalue weighted by atomic mass is 14.5. The Bertz CT molecular complexity index is 1080. The topological polar surface area (TPSA) is 0 Å². The van der Waals surface area contributed by atoms with Gasteiger partial charge in [0.25, 0.3) is 0 Å². The van der Waals surface area contributed by atoms with Crippen molar-refractivity contribution in [2.45, 2.75) is 46.0 Å². The summed E-state index contributed by atoms with van der Waals surface area (Å²) in [6, 6.07) is 8.82. The van der Waals surface area contributed by atoms with E-state index in [1.807, 2.05) is 0 Å². The normalized spacial score (nSPS) is 30.2. The average molecular weight is 407 g/mol. The minimum Gasteiger partial charge on any atom is -0.0995 e. The molecule has 31 heavy (non-hydrogen) atoms. The van der Waals surface area contributed by atoms with Crippen molar-refractivity contribution in [1.82, 2.24) is 0 Å². The predicted octanol–water partition coefficient (Wildman–Crippen LogP) is 8.18. The van der Waals surface area contributed by atoms with Gasteiger partial charge in [0.2, 0.25) is 0 Å². The average Bonchev–Trinajstić information content (AvgIpc) is 3.48. The molecular weight excluding hydrogens is 372 g/mol. The van der Waals surface area contributed by atoms with Gasteiger partial charge in [-0.3, -0.25) is 0 Å². The standard InChI is InChI=1S/C31H34/c1-5-10-20(2)29-21(3)17-27-19-26(18-25-16-15-23-11-8-9-14-28(23)25)22(4)30(27)31(29)24-12-6-7-13-24/h6-9,11-12,14,16-18,21,29-31H,2,4-5,10,13,15,19H2,1,3H3. The number of fused-ring (bicyclic) bond motifs is 2. The number of rotatable bonds is 5. The van der Waals surface area contributed by atoms with Gasteiger partial charge in [0.05, 0.1) is 0 Å². The highest BCUT2D eigenvalue weighted by Gasteiger charge is 2.45. The second kappa shape index (κ2) is 8.15. The molecule has 0 aromatic heterocycles. The molecule has 0 amide bonds. The van der Waals surface area contributed by atoms with Gasteiger partial charge in [-0.15, -0.1) is 0 Å². The maximum absolute atomic E-state index is 4.69. The molecule has 4 unspecified atom stereocenters. The Balaban J connectivity index is 1.52. The second-order valence-corrected chi connectivity index (χ2v) is 9.80. The third kappa shape index (κ3) is 3.47. The van der Waals surface area contributed by atoms with E-state index in [9.17, 15) is 0 Å². The first-order chi connectivity index (χ1) is 15.1. The zero-order valence-electron chi connectivity index (χ0n) is 19.0. The largest absolute Gasteiger partial charge is 0.0995 e. The van der Waals surface area contributed by atoms with Crippen molar-refractivity contribution in [3.05, 3.63) is 113 Å². The number of hydrogen-bond donors (Lipinski definition) is 0. The van der Waals surface area contributed by atoms with Crippen LogP contribution < -0.4 is 0 Å². The number of hydrogen-bond acceptors (Lipinski definition) is 0. The molecule has 0 radical (unpaired) electrons. The zero-order chi connectivity index (χ0) is 21.5. The second-order valence-electron chi connectivity index (χ2n) is 9.80. The van der Waals surface area contributed by atoms with Crippen molar-refractivity contribution in [2.75, 3.05) is 0 Å². The SMILES string of the molecule is C=C1C(=CC2=CCc3ccccc32)CC2=CC(C)C(C(=C)CCC)C(C3=CC=CC3)C12. The fourth-order valence-corrected chi connectivity index (χ4v) is 6.50. The van der Waals surface area contributed by atoms with Crippen molar-refractivity contribution in [3.63, 3.8) is 0 Å². The van der Waals surface area contributed by atoms with E-state index < -0.39 is 0 Å². The van der Waals surface area contributed by atoms with E-state index in [-0.39, 0.29) is 0 Å². The van der Waals surface area contributed by atoms with E-state index in [0.717, 1.165) is 25.7 Å². The van der Waals surface area contributed by atoms with Crippen LogP contribution in [-0.2, 0) is 6.42 Å². The fraction of sp³-hybridized carbons (Fsp3) is 0.355. The van der Waals surface area contributed by atoms with Gasteiger partial charge in [0.15, 0.2) is 0 Å². The minimum absolute atomic E-state index is 0.435. The lowest BCUT2D eigenvalue weighted by Crippen LogP contribution is -2.34. The minimum atomic E-state index is 0.435. The van der Waals surface area contributed by atoms with Crippen molar-refractivity contribution in [1.29, 1.82) is 0 Å². The molecule has 0 heterocycles. The van der Waals surface area contributed by atoms with E-state index >= 15 is 0 Å². The Morgan fingerprint density at radius 3 is 2.77 bits per heavy atom. The molecule has 0 bridgehead atoms. The molecule has 0 spiro atoms. The van der Waals surface area contributed by atoms with E-state index in [1.54, 1.807) is 11.1 Å². The van der Waals surface area contributed by atoms with Crippen LogP contribution in [0.4, 0.5) is 0 Å². The van der Waals surface area contributed by atoms with Crippen LogP contribution in [0.2, 0.25) is 0 Å². The third-order valence-corrected chi connectivity index (χ3v) is 7.84. The van der Waals surface area contributed by atoms with Gasteiger partial charge in [0, 0.05) is 5.92 Å². The summed E-state index contributed by atoms with van der Waals surface area (Å²) in [5.74, 6) is 1.99. The van der Waals surface area contributed by atoms with Crippen LogP contribution in [0.15, 0.2) is 102 Å². The van der Waals surface area contributed by atoms with Crippen molar-refractivity contribution in [3.8, 4) is 0 Å². The first-order valence-corrected chi connectivity index (χ1v) is 12.0. The van der Waals surface area contributed by atoms with E-state index in [4.69, 9.17) is 6.58 Å². The van der Waals surface area contributed by atoms with Gasteiger partial charge in [-0.1, -0.05) is 111 Å². The molecule has 0 nitrogen and oxygen atoms in total. The molecule has 4 atom stereocenters. The van der Waals surface area contributed by atoms with E-state index in [1.165, 1.54) is 39.8 Å². The van der Waals surface area contributed by atoms with Crippen molar-refractivity contribution in [2.24, 2.45) is 23.7 Å². The molecule has 1 fully saturated rings. The van der Waals surface area contributed by atoms with E-state index in [2.05, 4.69) is 81.1 Å². The smallest absolute Gasteiger partial charge is 0.0120 e. The highest BCUT2D eigenvalue weighted by molar-refractivity contribution is 5.81. The third-order valence-electron chi connectivity index (χ3n) is 7.84. The lowest BCUT2D eigenvalue weighted by Gasteiger charge is -2.42. The number of benzene rings is 1. The Morgan fingerprint density at radius 1 is 1.16 bits per heavy atom. The van der Waals surface area contributed by atoms with Gasteiger partial charge < -0.3 is 0 Å². The van der Waals surface area contributed by atoms with Crippen LogP contribution >= 0.6 is 0 Å². The Morgan fingerprint density at radius 2 is 2.00 bits per heavy atom. The van der Waals surface area contributed by atoms with Gasteiger partial charge >= 0.3 is 0 Å². The van der Waals surface area contributed by atoms with E-state index in [0.29, 0.717) is 23.7 Å². The molecule has 4 aliphatic rings. The Labute approximate surface area is 188 Å². The number of allylic oxidation sites excluding steroid dienone is 12. The maximum atomic E-state index is 4.69. The molecule has 1 aromatic rings. The first kappa shape index (κ1) is 20.3. The molecule has 0 N–H and O–H groups in total. The summed E-state index contributed by atoms with van der Waals surface area (Å²) < 4.78 is 0. The Hall–Kier alpha value is -2.60. The van der Waals surface area contributed by atoms with Gasteiger partial charge in [-0.25, -0.2) is 0 Å². The highest BCUT2D eigenvalue weighted by Crippen LogP contribution is 2.56. The predicted molar refractivity (Wildman–Crippen MR) is 134 cm³/mol. The summed E-state index contributed by atoms with van der Waals surface area (Å²) in [5.41, 5.74) is 11.6. The van der Waals surface area contributed by atoms with Crippen LogP contribution in [0.1, 0.15) is 50.7 Å². The molecule has 0 aliphatic heterocycles. The monoisotopic (exact) mass is 406 g/mol. The van der Waals surface area contributed by atoms with Gasteiger partial charge in [-0.2, -0.15) is 0 Å². The molecule has 158 valence electrons. The zero-order valence-corrected chi connectivity index (χ0v) is 19.0. The molecule has 5 rings (SSSR count). The van der Waals surface area contributed by atoms with Crippen LogP contribution in [-0.4, -0.2) is 0 Å². The summed E-state index contributed by atoms with van der Waals surface area (Å²) in [6.45, 7) is 13.9. The summed E-state index contributed by atoms with van der Waals surface area (Å²) in [5, 5.41) is 0. The summed E-state index contributed by atoms with van der Waals surface area (Å²) in [7, 11) is 0. The van der Waals surface area contributed by atoms with Crippen molar-refractivity contribution >= 4 is 5.57 Å². The van der Waals surface area contributed by atoms with Gasteiger partial charge in [-0.05, 0) is 71.3 Å². The molecular formula is C31H34. The lowest BCUT2D eigenvalue weighted by atomic mass is 9.62. The first-order valence-electron chi connectivity index (χ1n) is 12.0. The van der Waals surface area contributed by atoms with Gasteiger partial charge in [0.1, 0.15) is 0 Å². The van der Waals surface area contributed by atoms with Crippen LogP contribution in [0.5, 0.6) is 0 Å². The molecule has 0 heteroatoms. The molecule has 0 saturated heterocycles. The Kier molecular flexibility index (Phi) is 5.34. The molecule has 1 aromatic carbocycles.